The van der Waals surface area contributed by atoms with Crippen LogP contribution in [0.3, 0.4) is 0 Å². The first-order valence-corrected chi connectivity index (χ1v) is 5.56. The van der Waals surface area contributed by atoms with E-state index < -0.39 is 5.82 Å². The first-order chi connectivity index (χ1) is 7.18. The Hall–Kier alpha value is -0.960. The molecule has 0 radical (unpaired) electrons. The molecule has 1 aliphatic rings. The molecule has 1 aromatic carbocycles. The second kappa shape index (κ2) is 4.27. The average molecular weight is 229 g/mol. The lowest BCUT2D eigenvalue weighted by Crippen LogP contribution is -2.30. The number of halogens is 2. The lowest BCUT2D eigenvalue weighted by molar-refractivity contribution is 0.577. The molecule has 0 spiro atoms. The van der Waals surface area contributed by atoms with Gasteiger partial charge in [-0.1, -0.05) is 11.6 Å². The van der Waals surface area contributed by atoms with Crippen LogP contribution >= 0.6 is 11.6 Å². The van der Waals surface area contributed by atoms with Crippen LogP contribution in [0.5, 0.6) is 0 Å². The van der Waals surface area contributed by atoms with Crippen LogP contribution in [0.4, 0.5) is 15.8 Å². The van der Waals surface area contributed by atoms with Crippen LogP contribution in [0.2, 0.25) is 5.02 Å². The summed E-state index contributed by atoms with van der Waals surface area (Å²) >= 11 is 5.75. The Bertz CT molecular complexity index is 362. The van der Waals surface area contributed by atoms with Crippen molar-refractivity contribution in [3.8, 4) is 0 Å². The molecular formula is C11H14ClFN2. The van der Waals surface area contributed by atoms with E-state index in [1.807, 2.05) is 0 Å². The maximum absolute atomic E-state index is 13.1. The van der Waals surface area contributed by atoms with Crippen molar-refractivity contribution in [1.82, 2.24) is 0 Å². The molecular weight excluding hydrogens is 215 g/mol. The topological polar surface area (TPSA) is 29.3 Å². The maximum Gasteiger partial charge on any atom is 0.143 e. The zero-order chi connectivity index (χ0) is 10.8. The van der Waals surface area contributed by atoms with Gasteiger partial charge in [-0.3, -0.25) is 0 Å². The molecule has 0 atom stereocenters. The standard InChI is InChI=1S/C11H14ClFN2/c12-8-6-11(10(14)7-9(8)13)15-4-2-1-3-5-15/h6-7H,1-5,14H2. The minimum Gasteiger partial charge on any atom is -0.397 e. The van der Waals surface area contributed by atoms with E-state index in [-0.39, 0.29) is 5.02 Å². The van der Waals surface area contributed by atoms with Gasteiger partial charge >= 0.3 is 0 Å². The Morgan fingerprint density at radius 3 is 2.53 bits per heavy atom. The fourth-order valence-corrected chi connectivity index (χ4v) is 2.12. The lowest BCUT2D eigenvalue weighted by atomic mass is 10.1. The number of benzene rings is 1. The van der Waals surface area contributed by atoms with E-state index in [1.165, 1.54) is 12.5 Å². The van der Waals surface area contributed by atoms with E-state index in [9.17, 15) is 4.39 Å². The summed E-state index contributed by atoms with van der Waals surface area (Å²) in [7, 11) is 0. The summed E-state index contributed by atoms with van der Waals surface area (Å²) in [6, 6.07) is 2.92. The number of nitrogen functional groups attached to an aromatic ring is 1. The number of hydrogen-bond donors (Lipinski definition) is 1. The molecule has 15 heavy (non-hydrogen) atoms. The molecule has 2 rings (SSSR count). The number of rotatable bonds is 1. The van der Waals surface area contributed by atoms with Crippen LogP contribution in [0.25, 0.3) is 0 Å². The third-order valence-corrected chi connectivity index (χ3v) is 3.06. The largest absolute Gasteiger partial charge is 0.397 e. The van der Waals surface area contributed by atoms with Crippen LogP contribution in [-0.4, -0.2) is 13.1 Å². The number of nitrogens with zero attached hydrogens (tertiary/aromatic N) is 1. The molecule has 2 nitrogen and oxygen atoms in total. The monoisotopic (exact) mass is 228 g/mol. The highest BCUT2D eigenvalue weighted by molar-refractivity contribution is 6.31. The third kappa shape index (κ3) is 2.17. The van der Waals surface area contributed by atoms with E-state index >= 15 is 0 Å². The van der Waals surface area contributed by atoms with Gasteiger partial charge in [0.25, 0.3) is 0 Å². The molecule has 0 bridgehead atoms. The van der Waals surface area contributed by atoms with Crippen LogP contribution in [0.1, 0.15) is 19.3 Å². The molecule has 82 valence electrons. The minimum absolute atomic E-state index is 0.143. The van der Waals surface area contributed by atoms with Crippen molar-refractivity contribution >= 4 is 23.0 Å². The van der Waals surface area contributed by atoms with Gasteiger partial charge in [-0.2, -0.15) is 0 Å². The van der Waals surface area contributed by atoms with Crippen molar-refractivity contribution in [3.05, 3.63) is 23.0 Å². The van der Waals surface area contributed by atoms with E-state index in [2.05, 4.69) is 4.90 Å². The van der Waals surface area contributed by atoms with Crippen molar-refractivity contribution in [1.29, 1.82) is 0 Å². The van der Waals surface area contributed by atoms with Crippen molar-refractivity contribution in [2.24, 2.45) is 0 Å². The second-order valence-corrected chi connectivity index (χ2v) is 4.28. The zero-order valence-electron chi connectivity index (χ0n) is 8.47. The molecule has 1 saturated heterocycles. The SMILES string of the molecule is Nc1cc(F)c(Cl)cc1N1CCCCC1. The van der Waals surface area contributed by atoms with E-state index in [0.717, 1.165) is 31.6 Å². The number of piperidine rings is 1. The summed E-state index contributed by atoms with van der Waals surface area (Å²) in [6.07, 6.45) is 3.58. The van der Waals surface area contributed by atoms with Gasteiger partial charge in [-0.05, 0) is 25.3 Å². The van der Waals surface area contributed by atoms with Gasteiger partial charge in [0.2, 0.25) is 0 Å². The fraction of sp³-hybridized carbons (Fsp3) is 0.455. The van der Waals surface area contributed by atoms with Gasteiger partial charge in [0.15, 0.2) is 0 Å². The Balaban J connectivity index is 2.30. The van der Waals surface area contributed by atoms with Crippen LogP contribution in [0.15, 0.2) is 12.1 Å². The predicted molar refractivity (Wildman–Crippen MR) is 61.9 cm³/mol. The van der Waals surface area contributed by atoms with Crippen LogP contribution < -0.4 is 10.6 Å². The normalized spacial score (nSPS) is 16.8. The first-order valence-electron chi connectivity index (χ1n) is 5.18. The smallest absolute Gasteiger partial charge is 0.143 e. The van der Waals surface area contributed by atoms with Crippen molar-refractivity contribution in [3.63, 3.8) is 0 Å². The number of nitrogens with two attached hydrogens (primary N) is 1. The van der Waals surface area contributed by atoms with E-state index in [1.54, 1.807) is 6.07 Å². The molecule has 0 aliphatic carbocycles. The van der Waals surface area contributed by atoms with Crippen molar-refractivity contribution < 1.29 is 4.39 Å². The molecule has 4 heteroatoms. The van der Waals surface area contributed by atoms with Gasteiger partial charge in [0.1, 0.15) is 5.82 Å². The van der Waals surface area contributed by atoms with Gasteiger partial charge < -0.3 is 10.6 Å². The van der Waals surface area contributed by atoms with Gasteiger partial charge in [-0.25, -0.2) is 4.39 Å². The first kappa shape index (κ1) is 10.6. The zero-order valence-corrected chi connectivity index (χ0v) is 9.23. The molecule has 0 saturated carbocycles. The van der Waals surface area contributed by atoms with Crippen LogP contribution in [0, 0.1) is 5.82 Å². The Kier molecular flexibility index (Phi) is 3.00. The molecule has 0 amide bonds. The number of anilines is 2. The van der Waals surface area contributed by atoms with Crippen molar-refractivity contribution in [2.45, 2.75) is 19.3 Å². The summed E-state index contributed by atoms with van der Waals surface area (Å²) in [4.78, 5) is 2.17. The Morgan fingerprint density at radius 2 is 1.87 bits per heavy atom. The quantitative estimate of drug-likeness (QED) is 0.749. The van der Waals surface area contributed by atoms with Crippen LogP contribution in [-0.2, 0) is 0 Å². The second-order valence-electron chi connectivity index (χ2n) is 3.87. The summed E-state index contributed by atoms with van der Waals surface area (Å²) < 4.78 is 13.1. The lowest BCUT2D eigenvalue weighted by Gasteiger charge is -2.30. The molecule has 0 unspecified atom stereocenters. The molecule has 1 fully saturated rings. The predicted octanol–water partition coefficient (Wildman–Crippen LogP) is 3.05. The molecule has 2 N–H and O–H groups in total. The average Bonchev–Trinajstić information content (AvgIpc) is 2.25. The summed E-state index contributed by atoms with van der Waals surface area (Å²) in [5, 5.41) is 0.143. The molecule has 1 heterocycles. The third-order valence-electron chi connectivity index (χ3n) is 2.77. The fourth-order valence-electron chi connectivity index (χ4n) is 1.96. The summed E-state index contributed by atoms with van der Waals surface area (Å²) in [5.41, 5.74) is 7.11. The molecule has 1 aromatic rings. The highest BCUT2D eigenvalue weighted by Gasteiger charge is 2.15. The highest BCUT2D eigenvalue weighted by atomic mass is 35.5. The Labute approximate surface area is 93.8 Å². The van der Waals surface area contributed by atoms with Gasteiger partial charge in [-0.15, -0.1) is 0 Å². The molecule has 1 aliphatic heterocycles. The summed E-state index contributed by atoms with van der Waals surface area (Å²) in [5.74, 6) is -0.449. The van der Waals surface area contributed by atoms with E-state index in [4.69, 9.17) is 17.3 Å². The highest BCUT2D eigenvalue weighted by Crippen LogP contribution is 2.31. The minimum atomic E-state index is -0.449. The Morgan fingerprint density at radius 1 is 1.20 bits per heavy atom. The maximum atomic E-state index is 13.1. The number of hydrogen-bond acceptors (Lipinski definition) is 2. The van der Waals surface area contributed by atoms with E-state index in [0.29, 0.717) is 5.69 Å². The van der Waals surface area contributed by atoms with Gasteiger partial charge in [0, 0.05) is 19.2 Å². The van der Waals surface area contributed by atoms with Gasteiger partial charge in [0.05, 0.1) is 16.4 Å². The summed E-state index contributed by atoms with van der Waals surface area (Å²) in [6.45, 7) is 1.96. The molecule has 0 aromatic heterocycles. The van der Waals surface area contributed by atoms with Crippen molar-refractivity contribution in [2.75, 3.05) is 23.7 Å².